The minimum absolute atomic E-state index is 0.00301. The third kappa shape index (κ3) is 2.64. The van der Waals surface area contributed by atoms with Crippen LogP contribution in [0.15, 0.2) is 17.7 Å². The number of halogens is 3. The summed E-state index contributed by atoms with van der Waals surface area (Å²) >= 11 is 0. The van der Waals surface area contributed by atoms with E-state index in [2.05, 4.69) is 10.1 Å². The van der Waals surface area contributed by atoms with E-state index in [0.29, 0.717) is 0 Å². The fourth-order valence-corrected chi connectivity index (χ4v) is 0.837. The minimum atomic E-state index is -4.32. The first-order valence-corrected chi connectivity index (χ1v) is 3.49. The lowest BCUT2D eigenvalue weighted by atomic mass is 10.4. The van der Waals surface area contributed by atoms with Crippen LogP contribution in [0.1, 0.15) is 5.69 Å². The summed E-state index contributed by atoms with van der Waals surface area (Å²) in [7, 11) is 0. The van der Waals surface area contributed by atoms with Gasteiger partial charge in [0.15, 0.2) is 5.84 Å². The Morgan fingerprint density at radius 2 is 2.29 bits per heavy atom. The molecule has 0 atom stereocenters. The first-order valence-electron chi connectivity index (χ1n) is 3.49. The van der Waals surface area contributed by atoms with Crippen LogP contribution in [0.25, 0.3) is 0 Å². The SMILES string of the molecule is N/C(=N/O)c1cn(CC(F)(F)F)cn1. The Bertz CT molecular complexity index is 343. The van der Waals surface area contributed by atoms with E-state index >= 15 is 0 Å². The van der Waals surface area contributed by atoms with Crippen LogP contribution in [-0.2, 0) is 6.54 Å². The van der Waals surface area contributed by atoms with Gasteiger partial charge in [0.05, 0.1) is 6.33 Å². The number of imidazole rings is 1. The molecule has 0 bridgehead atoms. The van der Waals surface area contributed by atoms with E-state index in [-0.39, 0.29) is 11.5 Å². The van der Waals surface area contributed by atoms with Gasteiger partial charge in [0.25, 0.3) is 0 Å². The molecule has 0 radical (unpaired) electrons. The zero-order chi connectivity index (χ0) is 10.8. The Labute approximate surface area is 76.6 Å². The summed E-state index contributed by atoms with van der Waals surface area (Å²) in [5, 5.41) is 10.8. The predicted molar refractivity (Wildman–Crippen MR) is 40.8 cm³/mol. The molecule has 5 nitrogen and oxygen atoms in total. The van der Waals surface area contributed by atoms with Crippen LogP contribution in [0, 0.1) is 0 Å². The molecule has 1 heterocycles. The Balaban J connectivity index is 2.79. The van der Waals surface area contributed by atoms with E-state index in [1.54, 1.807) is 0 Å². The van der Waals surface area contributed by atoms with E-state index in [1.165, 1.54) is 0 Å². The number of alkyl halides is 3. The van der Waals surface area contributed by atoms with Gasteiger partial charge in [0, 0.05) is 6.20 Å². The first-order chi connectivity index (χ1) is 6.42. The van der Waals surface area contributed by atoms with Crippen LogP contribution >= 0.6 is 0 Å². The molecule has 1 aromatic heterocycles. The van der Waals surface area contributed by atoms with Crippen LogP contribution in [0.3, 0.4) is 0 Å². The van der Waals surface area contributed by atoms with E-state index in [9.17, 15) is 13.2 Å². The van der Waals surface area contributed by atoms with E-state index in [4.69, 9.17) is 10.9 Å². The van der Waals surface area contributed by atoms with Crippen molar-refractivity contribution in [2.24, 2.45) is 10.9 Å². The molecule has 3 N–H and O–H groups in total. The van der Waals surface area contributed by atoms with Gasteiger partial charge < -0.3 is 15.5 Å². The van der Waals surface area contributed by atoms with Crippen LogP contribution in [0.4, 0.5) is 13.2 Å². The van der Waals surface area contributed by atoms with Crippen molar-refractivity contribution in [3.05, 3.63) is 18.2 Å². The minimum Gasteiger partial charge on any atom is -0.409 e. The number of rotatable bonds is 2. The number of amidine groups is 1. The van der Waals surface area contributed by atoms with Crippen molar-refractivity contribution < 1.29 is 18.4 Å². The molecule has 14 heavy (non-hydrogen) atoms. The number of nitrogens with zero attached hydrogens (tertiary/aromatic N) is 3. The van der Waals surface area contributed by atoms with Crippen LogP contribution in [0.5, 0.6) is 0 Å². The number of hydrogen-bond acceptors (Lipinski definition) is 3. The van der Waals surface area contributed by atoms with Gasteiger partial charge >= 0.3 is 6.18 Å². The van der Waals surface area contributed by atoms with Crippen molar-refractivity contribution in [1.82, 2.24) is 9.55 Å². The normalized spacial score (nSPS) is 13.2. The molecule has 0 unspecified atom stereocenters. The lowest BCUT2D eigenvalue weighted by Gasteiger charge is -2.05. The maximum absolute atomic E-state index is 11.9. The molecule has 0 saturated heterocycles. The summed E-state index contributed by atoms with van der Waals surface area (Å²) in [6, 6.07) is 0. The van der Waals surface area contributed by atoms with Gasteiger partial charge in [-0.1, -0.05) is 5.16 Å². The van der Waals surface area contributed by atoms with Crippen molar-refractivity contribution in [1.29, 1.82) is 0 Å². The monoisotopic (exact) mass is 208 g/mol. The Morgan fingerprint density at radius 3 is 2.79 bits per heavy atom. The van der Waals surface area contributed by atoms with Crippen molar-refractivity contribution in [3.63, 3.8) is 0 Å². The summed E-state index contributed by atoms with van der Waals surface area (Å²) in [6.45, 7) is -1.15. The molecule has 0 saturated carbocycles. The molecule has 1 rings (SSSR count). The molecule has 78 valence electrons. The summed E-state index contributed by atoms with van der Waals surface area (Å²) in [4.78, 5) is 3.52. The number of nitrogens with two attached hydrogens (primary N) is 1. The van der Waals surface area contributed by atoms with Crippen molar-refractivity contribution in [3.8, 4) is 0 Å². The van der Waals surface area contributed by atoms with Crippen molar-refractivity contribution in [2.45, 2.75) is 12.7 Å². The van der Waals surface area contributed by atoms with Crippen LogP contribution in [-0.4, -0.2) is 26.8 Å². The van der Waals surface area contributed by atoms with Gasteiger partial charge in [-0.15, -0.1) is 0 Å². The highest BCUT2D eigenvalue weighted by Gasteiger charge is 2.27. The molecule has 0 aliphatic carbocycles. The summed E-state index contributed by atoms with van der Waals surface area (Å²) in [5.74, 6) is -0.328. The standard InChI is InChI=1S/C6H7F3N4O/c7-6(8,9)2-13-1-4(11-3-13)5(10)12-14/h1,3,14H,2H2,(H2,10,12). The zero-order valence-electron chi connectivity index (χ0n) is 6.86. The van der Waals surface area contributed by atoms with Crippen molar-refractivity contribution in [2.75, 3.05) is 0 Å². The average molecular weight is 208 g/mol. The van der Waals surface area contributed by atoms with Gasteiger partial charge in [-0.3, -0.25) is 0 Å². The number of oxime groups is 1. The van der Waals surface area contributed by atoms with Crippen molar-refractivity contribution >= 4 is 5.84 Å². The summed E-state index contributed by atoms with van der Waals surface area (Å²) in [5.41, 5.74) is 5.11. The molecular weight excluding hydrogens is 201 g/mol. The molecule has 1 aromatic rings. The number of hydrogen-bond donors (Lipinski definition) is 2. The van der Waals surface area contributed by atoms with E-state index in [0.717, 1.165) is 17.1 Å². The number of aromatic nitrogens is 2. The smallest absolute Gasteiger partial charge is 0.406 e. The zero-order valence-corrected chi connectivity index (χ0v) is 6.86. The topological polar surface area (TPSA) is 76.4 Å². The van der Waals surface area contributed by atoms with Gasteiger partial charge in [-0.05, 0) is 0 Å². The third-order valence-electron chi connectivity index (χ3n) is 1.37. The average Bonchev–Trinajstić information content (AvgIpc) is 2.48. The molecule has 0 aliphatic rings. The van der Waals surface area contributed by atoms with E-state index < -0.39 is 12.7 Å². The molecule has 0 amide bonds. The Kier molecular flexibility index (Phi) is 2.63. The Morgan fingerprint density at radius 1 is 1.64 bits per heavy atom. The van der Waals surface area contributed by atoms with Gasteiger partial charge in [0.2, 0.25) is 0 Å². The van der Waals surface area contributed by atoms with Gasteiger partial charge in [-0.25, -0.2) is 4.98 Å². The second-order valence-corrected chi connectivity index (χ2v) is 2.53. The lowest BCUT2D eigenvalue weighted by Crippen LogP contribution is -2.17. The molecule has 8 heteroatoms. The molecule has 0 aliphatic heterocycles. The first kappa shape index (κ1) is 10.4. The largest absolute Gasteiger partial charge is 0.409 e. The highest BCUT2D eigenvalue weighted by Crippen LogP contribution is 2.17. The second kappa shape index (κ2) is 3.56. The molecular formula is C6H7F3N4O. The van der Waals surface area contributed by atoms with Crippen LogP contribution in [0.2, 0.25) is 0 Å². The Hall–Kier alpha value is -1.73. The predicted octanol–water partition coefficient (Wildman–Crippen LogP) is 0.540. The summed E-state index contributed by atoms with van der Waals surface area (Å²) < 4.78 is 36.4. The van der Waals surface area contributed by atoms with Gasteiger partial charge in [0.1, 0.15) is 12.2 Å². The third-order valence-corrected chi connectivity index (χ3v) is 1.37. The fraction of sp³-hybridized carbons (Fsp3) is 0.333. The highest BCUT2D eigenvalue weighted by molar-refractivity contribution is 5.94. The van der Waals surface area contributed by atoms with E-state index in [1.807, 2.05) is 0 Å². The molecule has 0 aromatic carbocycles. The highest BCUT2D eigenvalue weighted by atomic mass is 19.4. The molecule has 0 fully saturated rings. The maximum atomic E-state index is 11.9. The van der Waals surface area contributed by atoms with Crippen LogP contribution < -0.4 is 5.73 Å². The van der Waals surface area contributed by atoms with Gasteiger partial charge in [-0.2, -0.15) is 13.2 Å². The quantitative estimate of drug-likeness (QED) is 0.322. The maximum Gasteiger partial charge on any atom is 0.406 e. The second-order valence-electron chi connectivity index (χ2n) is 2.53. The summed E-state index contributed by atoms with van der Waals surface area (Å²) in [6.07, 6.45) is -2.31. The molecule has 0 spiro atoms. The lowest BCUT2D eigenvalue weighted by molar-refractivity contribution is -0.140. The fourth-order valence-electron chi connectivity index (χ4n) is 0.837.